The number of aromatic nitrogens is 3. The molecule has 7 heteroatoms. The third-order valence-corrected chi connectivity index (χ3v) is 4.47. The quantitative estimate of drug-likeness (QED) is 0.406. The molecule has 2 rings (SSSR count). The highest BCUT2D eigenvalue weighted by atomic mass is 32.2. The maximum atomic E-state index is 10.9. The van der Waals surface area contributed by atoms with Gasteiger partial charge in [0.25, 0.3) is 0 Å². The van der Waals surface area contributed by atoms with Gasteiger partial charge in [-0.3, -0.25) is 4.79 Å². The zero-order valence-electron chi connectivity index (χ0n) is 15.4. The van der Waals surface area contributed by atoms with Gasteiger partial charge in [0, 0.05) is 23.8 Å². The molecule has 0 radical (unpaired) electrons. The van der Waals surface area contributed by atoms with Crippen molar-refractivity contribution in [3.8, 4) is 11.5 Å². The number of rotatable bonds is 8. The first-order valence-corrected chi connectivity index (χ1v) is 9.23. The number of carbonyl (C=O) groups excluding carboxylic acids is 1. The average molecular weight is 363 g/mol. The molecule has 0 atom stereocenters. The van der Waals surface area contributed by atoms with Crippen LogP contribution in [0.5, 0.6) is 11.5 Å². The van der Waals surface area contributed by atoms with Crippen LogP contribution in [0.3, 0.4) is 0 Å². The summed E-state index contributed by atoms with van der Waals surface area (Å²) in [7, 11) is 1.98. The molecule has 0 aliphatic rings. The fourth-order valence-electron chi connectivity index (χ4n) is 2.36. The largest absolute Gasteiger partial charge is 0.490 e. The van der Waals surface area contributed by atoms with E-state index in [0.717, 1.165) is 23.0 Å². The van der Waals surface area contributed by atoms with Crippen molar-refractivity contribution in [3.63, 3.8) is 0 Å². The lowest BCUT2D eigenvalue weighted by molar-refractivity contribution is 0.112. The Kier molecular flexibility index (Phi) is 6.47. The van der Waals surface area contributed by atoms with Crippen molar-refractivity contribution in [2.75, 3.05) is 19.0 Å². The van der Waals surface area contributed by atoms with Gasteiger partial charge in [-0.2, -0.15) is 0 Å². The van der Waals surface area contributed by atoms with Gasteiger partial charge in [-0.15, -0.1) is 10.2 Å². The minimum atomic E-state index is -0.0379. The molecule has 136 valence electrons. The lowest BCUT2D eigenvalue weighted by Gasteiger charge is -2.17. The van der Waals surface area contributed by atoms with Gasteiger partial charge in [0.15, 0.2) is 16.7 Å². The number of ether oxygens (including phenoxy) is 2. The molecule has 0 unspecified atom stereocenters. The van der Waals surface area contributed by atoms with Gasteiger partial charge in [-0.25, -0.2) is 0 Å². The second kappa shape index (κ2) is 8.38. The molecule has 6 nitrogen and oxygen atoms in total. The Labute approximate surface area is 152 Å². The maximum absolute atomic E-state index is 10.9. The molecule has 1 aromatic carbocycles. The van der Waals surface area contributed by atoms with Crippen LogP contribution in [-0.2, 0) is 12.5 Å². The first kappa shape index (κ1) is 19.3. The molecule has 0 saturated carbocycles. The average Bonchev–Trinajstić information content (AvgIpc) is 2.94. The molecule has 0 bridgehead atoms. The number of hydrogen-bond acceptors (Lipinski definition) is 6. The van der Waals surface area contributed by atoms with Gasteiger partial charge in [0.2, 0.25) is 0 Å². The first-order valence-electron chi connectivity index (χ1n) is 8.24. The Morgan fingerprint density at radius 2 is 1.96 bits per heavy atom. The predicted molar refractivity (Wildman–Crippen MR) is 98.9 cm³/mol. The molecule has 2 aromatic rings. The molecule has 0 aliphatic carbocycles. The zero-order chi connectivity index (χ0) is 18.4. The summed E-state index contributed by atoms with van der Waals surface area (Å²) in [6, 6.07) is 5.17. The van der Waals surface area contributed by atoms with Gasteiger partial charge < -0.3 is 14.0 Å². The molecule has 0 saturated heterocycles. The number of hydrogen-bond donors (Lipinski definition) is 0. The number of carbonyl (C=O) groups is 1. The summed E-state index contributed by atoms with van der Waals surface area (Å²) in [5.41, 5.74) is 0.531. The molecular formula is C18H25N3O3S. The summed E-state index contributed by atoms with van der Waals surface area (Å²) < 4.78 is 13.4. The highest BCUT2D eigenvalue weighted by Gasteiger charge is 2.22. The van der Waals surface area contributed by atoms with E-state index in [1.165, 1.54) is 0 Å². The Morgan fingerprint density at radius 1 is 1.20 bits per heavy atom. The van der Waals surface area contributed by atoms with Crippen LogP contribution >= 0.6 is 11.8 Å². The molecule has 0 spiro atoms. The van der Waals surface area contributed by atoms with Gasteiger partial charge in [0.1, 0.15) is 12.1 Å². The third-order valence-electron chi connectivity index (χ3n) is 3.48. The Morgan fingerprint density at radius 3 is 2.56 bits per heavy atom. The van der Waals surface area contributed by atoms with E-state index >= 15 is 0 Å². The lowest BCUT2D eigenvalue weighted by atomic mass is 9.96. The summed E-state index contributed by atoms with van der Waals surface area (Å²) in [6.45, 7) is 9.27. The van der Waals surface area contributed by atoms with Gasteiger partial charge in [-0.05, 0) is 25.1 Å². The van der Waals surface area contributed by atoms with Gasteiger partial charge in [0.05, 0.1) is 13.2 Å². The lowest BCUT2D eigenvalue weighted by Crippen LogP contribution is -2.17. The van der Waals surface area contributed by atoms with Crippen LogP contribution in [0.15, 0.2) is 23.4 Å². The monoisotopic (exact) mass is 363 g/mol. The summed E-state index contributed by atoms with van der Waals surface area (Å²) in [5, 5.41) is 9.40. The normalized spacial score (nSPS) is 11.4. The molecule has 0 N–H and O–H groups in total. The van der Waals surface area contributed by atoms with Crippen LogP contribution in [0.1, 0.15) is 43.9 Å². The predicted octanol–water partition coefficient (Wildman–Crippen LogP) is 3.49. The fourth-order valence-corrected chi connectivity index (χ4v) is 3.09. The van der Waals surface area contributed by atoms with Crippen molar-refractivity contribution < 1.29 is 14.3 Å². The van der Waals surface area contributed by atoms with E-state index in [0.29, 0.717) is 30.3 Å². The highest BCUT2D eigenvalue weighted by Crippen LogP contribution is 2.29. The van der Waals surface area contributed by atoms with E-state index in [4.69, 9.17) is 9.47 Å². The molecule has 1 aromatic heterocycles. The smallest absolute Gasteiger partial charge is 0.191 e. The number of thioether (sulfide) groups is 1. The minimum absolute atomic E-state index is 0.0379. The van der Waals surface area contributed by atoms with Crippen LogP contribution in [0.2, 0.25) is 0 Å². The van der Waals surface area contributed by atoms with Crippen molar-refractivity contribution >= 4 is 18.0 Å². The zero-order valence-corrected chi connectivity index (χ0v) is 16.2. The second-order valence-corrected chi connectivity index (χ2v) is 7.63. The van der Waals surface area contributed by atoms with E-state index in [1.54, 1.807) is 30.0 Å². The van der Waals surface area contributed by atoms with Crippen LogP contribution in [0.25, 0.3) is 0 Å². The van der Waals surface area contributed by atoms with Crippen LogP contribution in [-0.4, -0.2) is 40.0 Å². The Bertz CT molecular complexity index is 723. The van der Waals surface area contributed by atoms with E-state index < -0.39 is 0 Å². The second-order valence-electron chi connectivity index (χ2n) is 6.57. The van der Waals surface area contributed by atoms with Crippen LogP contribution in [0, 0.1) is 0 Å². The molecule has 0 fully saturated rings. The minimum Gasteiger partial charge on any atom is -0.490 e. The van der Waals surface area contributed by atoms with Crippen molar-refractivity contribution in [1.29, 1.82) is 0 Å². The summed E-state index contributed by atoms with van der Waals surface area (Å²) in [5.74, 6) is 2.92. The molecule has 25 heavy (non-hydrogen) atoms. The van der Waals surface area contributed by atoms with Gasteiger partial charge in [-0.1, -0.05) is 32.5 Å². The maximum Gasteiger partial charge on any atom is 0.191 e. The molecular weight excluding hydrogens is 338 g/mol. The van der Waals surface area contributed by atoms with E-state index in [9.17, 15) is 4.79 Å². The molecule has 0 aliphatic heterocycles. The standard InChI is InChI=1S/C18H25N3O3S/c1-6-23-15-11-13(12-22)7-8-14(15)24-9-10-25-17-20-19-16(21(17)5)18(2,3)4/h7-8,11-12H,6,9-10H2,1-5H3. The van der Waals surface area contributed by atoms with E-state index in [1.807, 2.05) is 18.5 Å². The fraction of sp³-hybridized carbons (Fsp3) is 0.500. The first-order chi connectivity index (χ1) is 11.9. The van der Waals surface area contributed by atoms with Gasteiger partial charge >= 0.3 is 0 Å². The molecule has 0 amide bonds. The van der Waals surface area contributed by atoms with Crippen molar-refractivity contribution in [3.05, 3.63) is 29.6 Å². The Balaban J connectivity index is 1.94. The van der Waals surface area contributed by atoms with Crippen LogP contribution < -0.4 is 9.47 Å². The highest BCUT2D eigenvalue weighted by molar-refractivity contribution is 7.99. The summed E-state index contributed by atoms with van der Waals surface area (Å²) in [4.78, 5) is 10.9. The number of nitrogens with zero attached hydrogens (tertiary/aromatic N) is 3. The van der Waals surface area contributed by atoms with Crippen LogP contribution in [0.4, 0.5) is 0 Å². The van der Waals surface area contributed by atoms with E-state index in [-0.39, 0.29) is 5.41 Å². The summed E-state index contributed by atoms with van der Waals surface area (Å²) in [6.07, 6.45) is 0.795. The molecule has 1 heterocycles. The van der Waals surface area contributed by atoms with Crippen molar-refractivity contribution in [2.24, 2.45) is 7.05 Å². The van der Waals surface area contributed by atoms with Crippen molar-refractivity contribution in [2.45, 2.75) is 38.3 Å². The van der Waals surface area contributed by atoms with E-state index in [2.05, 4.69) is 31.0 Å². The SMILES string of the molecule is CCOc1cc(C=O)ccc1OCCSc1nnc(C(C)(C)C)n1C. The topological polar surface area (TPSA) is 66.2 Å². The van der Waals surface area contributed by atoms with Crippen molar-refractivity contribution in [1.82, 2.24) is 14.8 Å². The summed E-state index contributed by atoms with van der Waals surface area (Å²) >= 11 is 1.60. The Hall–Kier alpha value is -2.02. The third kappa shape index (κ3) is 4.98. The number of benzene rings is 1. The number of aldehydes is 1.